The highest BCUT2D eigenvalue weighted by molar-refractivity contribution is 5.85. The van der Waals surface area contributed by atoms with Gasteiger partial charge in [0.05, 0.1) is 6.07 Å². The Balaban J connectivity index is 1.73. The Kier molecular flexibility index (Phi) is 4.85. The summed E-state index contributed by atoms with van der Waals surface area (Å²) in [5.74, 6) is 1.59. The summed E-state index contributed by atoms with van der Waals surface area (Å²) >= 11 is 0. The molecule has 0 radical (unpaired) electrons. The molecule has 3 nitrogen and oxygen atoms in total. The summed E-state index contributed by atoms with van der Waals surface area (Å²) < 4.78 is 0. The first-order valence-corrected chi connectivity index (χ1v) is 7.86. The van der Waals surface area contributed by atoms with Crippen molar-refractivity contribution >= 4 is 5.91 Å². The lowest BCUT2D eigenvalue weighted by molar-refractivity contribution is -0.128. The quantitative estimate of drug-likeness (QED) is 0.844. The Morgan fingerprint density at radius 3 is 2.68 bits per heavy atom. The Hall–Kier alpha value is -1.04. The number of carbonyl (C=O) groups excluding carboxylic acids is 1. The van der Waals surface area contributed by atoms with E-state index in [-0.39, 0.29) is 5.91 Å². The molecule has 0 heterocycles. The van der Waals surface area contributed by atoms with Crippen LogP contribution in [0.4, 0.5) is 0 Å². The molecular formula is C16H26N2O. The molecule has 2 rings (SSSR count). The van der Waals surface area contributed by atoms with Crippen LogP contribution in [0.2, 0.25) is 0 Å². The minimum absolute atomic E-state index is 0.0173. The maximum Gasteiger partial charge on any atom is 0.240 e. The molecule has 3 heteroatoms. The van der Waals surface area contributed by atoms with E-state index < -0.39 is 5.41 Å². The Morgan fingerprint density at radius 1 is 1.32 bits per heavy atom. The Morgan fingerprint density at radius 2 is 2.05 bits per heavy atom. The van der Waals surface area contributed by atoms with E-state index in [2.05, 4.69) is 18.3 Å². The van der Waals surface area contributed by atoms with Gasteiger partial charge in [-0.2, -0.15) is 5.26 Å². The SMILES string of the molecule is CC1CCCC(CCNC(=O)C2(C#N)CCCC2)C1. The molecule has 0 bridgehead atoms. The van der Waals surface area contributed by atoms with Gasteiger partial charge in [-0.05, 0) is 37.5 Å². The van der Waals surface area contributed by atoms with Crippen LogP contribution in [0.5, 0.6) is 0 Å². The van der Waals surface area contributed by atoms with E-state index in [0.29, 0.717) is 0 Å². The maximum absolute atomic E-state index is 12.2. The molecule has 2 saturated carbocycles. The zero-order valence-electron chi connectivity index (χ0n) is 12.1. The Labute approximate surface area is 116 Å². The average Bonchev–Trinajstić information content (AvgIpc) is 2.89. The summed E-state index contributed by atoms with van der Waals surface area (Å²) in [4.78, 5) is 12.2. The molecule has 2 aliphatic rings. The summed E-state index contributed by atoms with van der Waals surface area (Å²) in [7, 11) is 0. The minimum atomic E-state index is -0.708. The van der Waals surface area contributed by atoms with Crippen LogP contribution in [0.15, 0.2) is 0 Å². The molecule has 0 aromatic rings. The molecule has 19 heavy (non-hydrogen) atoms. The predicted molar refractivity (Wildman–Crippen MR) is 75.3 cm³/mol. The van der Waals surface area contributed by atoms with Crippen LogP contribution in [0.3, 0.4) is 0 Å². The third-order valence-corrected chi connectivity index (χ3v) is 4.99. The van der Waals surface area contributed by atoms with Crippen LogP contribution >= 0.6 is 0 Å². The highest BCUT2D eigenvalue weighted by atomic mass is 16.2. The zero-order chi connectivity index (χ0) is 13.7. The van der Waals surface area contributed by atoms with Gasteiger partial charge in [-0.25, -0.2) is 0 Å². The van der Waals surface area contributed by atoms with Crippen molar-refractivity contribution in [2.45, 2.75) is 64.7 Å². The molecular weight excluding hydrogens is 236 g/mol. The lowest BCUT2D eigenvalue weighted by atomic mass is 9.81. The average molecular weight is 262 g/mol. The summed E-state index contributed by atoms with van der Waals surface area (Å²) in [6.45, 7) is 3.08. The van der Waals surface area contributed by atoms with Crippen molar-refractivity contribution in [2.24, 2.45) is 17.3 Å². The van der Waals surface area contributed by atoms with Crippen LogP contribution < -0.4 is 5.32 Å². The van der Waals surface area contributed by atoms with Gasteiger partial charge in [-0.1, -0.05) is 39.0 Å². The van der Waals surface area contributed by atoms with Gasteiger partial charge < -0.3 is 5.32 Å². The number of nitrogens with one attached hydrogen (secondary N) is 1. The van der Waals surface area contributed by atoms with Crippen molar-refractivity contribution in [3.63, 3.8) is 0 Å². The van der Waals surface area contributed by atoms with Gasteiger partial charge in [0.25, 0.3) is 0 Å². The van der Waals surface area contributed by atoms with Crippen molar-refractivity contribution in [2.75, 3.05) is 6.54 Å². The monoisotopic (exact) mass is 262 g/mol. The van der Waals surface area contributed by atoms with Crippen molar-refractivity contribution in [3.8, 4) is 6.07 Å². The summed E-state index contributed by atoms with van der Waals surface area (Å²) in [5, 5.41) is 12.3. The van der Waals surface area contributed by atoms with Crippen molar-refractivity contribution < 1.29 is 4.79 Å². The van der Waals surface area contributed by atoms with E-state index >= 15 is 0 Å². The minimum Gasteiger partial charge on any atom is -0.355 e. The molecule has 1 amide bonds. The standard InChI is InChI=1S/C16H26N2O/c1-13-5-4-6-14(11-13)7-10-18-15(19)16(12-17)8-2-3-9-16/h13-14H,2-11H2,1H3,(H,18,19). The number of hydrogen-bond donors (Lipinski definition) is 1. The Bertz CT molecular complexity index is 352. The van der Waals surface area contributed by atoms with Gasteiger partial charge in [-0.15, -0.1) is 0 Å². The molecule has 2 atom stereocenters. The molecule has 0 aliphatic heterocycles. The first kappa shape index (κ1) is 14.4. The highest BCUT2D eigenvalue weighted by Crippen LogP contribution is 2.37. The van der Waals surface area contributed by atoms with Gasteiger partial charge in [0.1, 0.15) is 5.41 Å². The van der Waals surface area contributed by atoms with Gasteiger partial charge in [0, 0.05) is 6.54 Å². The van der Waals surface area contributed by atoms with Gasteiger partial charge in [0.2, 0.25) is 5.91 Å². The number of hydrogen-bond acceptors (Lipinski definition) is 2. The number of nitrogens with zero attached hydrogens (tertiary/aromatic N) is 1. The number of rotatable bonds is 4. The summed E-state index contributed by atoms with van der Waals surface area (Å²) in [6.07, 6.45) is 9.91. The summed E-state index contributed by atoms with van der Waals surface area (Å²) in [6, 6.07) is 2.26. The van der Waals surface area contributed by atoms with Crippen molar-refractivity contribution in [1.82, 2.24) is 5.32 Å². The molecule has 2 unspecified atom stereocenters. The lowest BCUT2D eigenvalue weighted by Crippen LogP contribution is -2.39. The van der Waals surface area contributed by atoms with Crippen molar-refractivity contribution in [3.05, 3.63) is 0 Å². The lowest BCUT2D eigenvalue weighted by Gasteiger charge is -2.27. The van der Waals surface area contributed by atoms with E-state index in [1.165, 1.54) is 25.7 Å². The van der Waals surface area contributed by atoms with Crippen LogP contribution in [0.25, 0.3) is 0 Å². The third-order valence-electron chi connectivity index (χ3n) is 4.99. The predicted octanol–water partition coefficient (Wildman–Crippen LogP) is 3.40. The number of amides is 1. The van der Waals surface area contributed by atoms with Crippen LogP contribution in [-0.4, -0.2) is 12.5 Å². The first-order chi connectivity index (χ1) is 9.16. The second-order valence-corrected chi connectivity index (χ2v) is 6.58. The molecule has 0 saturated heterocycles. The fourth-order valence-electron chi connectivity index (χ4n) is 3.75. The molecule has 0 spiro atoms. The second kappa shape index (κ2) is 6.41. The topological polar surface area (TPSA) is 52.9 Å². The molecule has 2 fully saturated rings. The van der Waals surface area contributed by atoms with Crippen LogP contribution in [0, 0.1) is 28.6 Å². The molecule has 0 aromatic heterocycles. The van der Waals surface area contributed by atoms with E-state index in [1.807, 2.05) is 0 Å². The van der Waals surface area contributed by atoms with E-state index in [1.54, 1.807) is 0 Å². The van der Waals surface area contributed by atoms with Crippen molar-refractivity contribution in [1.29, 1.82) is 5.26 Å². The fraction of sp³-hybridized carbons (Fsp3) is 0.875. The molecule has 0 aromatic carbocycles. The van der Waals surface area contributed by atoms with Gasteiger partial charge in [-0.3, -0.25) is 4.79 Å². The zero-order valence-corrected chi connectivity index (χ0v) is 12.1. The fourth-order valence-corrected chi connectivity index (χ4v) is 3.75. The summed E-state index contributed by atoms with van der Waals surface area (Å²) in [5.41, 5.74) is -0.708. The third kappa shape index (κ3) is 3.49. The van der Waals surface area contributed by atoms with Crippen LogP contribution in [-0.2, 0) is 4.79 Å². The highest BCUT2D eigenvalue weighted by Gasteiger charge is 2.41. The number of nitriles is 1. The van der Waals surface area contributed by atoms with E-state index in [4.69, 9.17) is 0 Å². The first-order valence-electron chi connectivity index (χ1n) is 7.86. The normalized spacial score (nSPS) is 29.7. The van der Waals surface area contributed by atoms with E-state index in [0.717, 1.165) is 50.5 Å². The smallest absolute Gasteiger partial charge is 0.240 e. The molecule has 1 N–H and O–H groups in total. The number of carbonyl (C=O) groups is 1. The second-order valence-electron chi connectivity index (χ2n) is 6.58. The molecule has 106 valence electrons. The maximum atomic E-state index is 12.2. The van der Waals surface area contributed by atoms with Crippen LogP contribution in [0.1, 0.15) is 64.7 Å². The van der Waals surface area contributed by atoms with Gasteiger partial charge in [0.15, 0.2) is 0 Å². The van der Waals surface area contributed by atoms with Gasteiger partial charge >= 0.3 is 0 Å². The largest absolute Gasteiger partial charge is 0.355 e. The molecule has 2 aliphatic carbocycles. The van der Waals surface area contributed by atoms with E-state index in [9.17, 15) is 10.1 Å².